The van der Waals surface area contributed by atoms with Crippen molar-refractivity contribution in [3.05, 3.63) is 70.4 Å². The van der Waals surface area contributed by atoms with Crippen molar-refractivity contribution in [1.29, 1.82) is 0 Å². The normalized spacial score (nSPS) is 17.3. The number of halogens is 1. The number of benzene rings is 3. The van der Waals surface area contributed by atoms with Crippen LogP contribution < -0.4 is 0 Å². The molecular weight excluding hydrogens is 648 g/mol. The van der Waals surface area contributed by atoms with Crippen LogP contribution in [0.5, 0.6) is 0 Å². The summed E-state index contributed by atoms with van der Waals surface area (Å²) in [5.41, 5.74) is 6.22. The third-order valence-corrected chi connectivity index (χ3v) is 10.8. The van der Waals surface area contributed by atoms with Gasteiger partial charge in [0.05, 0.1) is 59.4 Å². The van der Waals surface area contributed by atoms with E-state index in [2.05, 4.69) is 23.1 Å². The molecule has 9 nitrogen and oxygen atoms in total. The lowest BCUT2D eigenvalue weighted by molar-refractivity contribution is -0.160. The summed E-state index contributed by atoms with van der Waals surface area (Å²) in [5.74, 6) is -0.718. The molecule has 0 aliphatic carbocycles. The van der Waals surface area contributed by atoms with E-state index in [4.69, 9.17) is 31.2 Å². The van der Waals surface area contributed by atoms with E-state index in [0.29, 0.717) is 29.1 Å². The molecule has 5 aromatic rings. The van der Waals surface area contributed by atoms with Crippen LogP contribution in [0.2, 0.25) is 5.02 Å². The summed E-state index contributed by atoms with van der Waals surface area (Å²) in [6.45, 7) is 11.7. The Morgan fingerprint density at radius 2 is 1.81 bits per heavy atom. The standard InChI is InChI=1S/C37H41ClN4O5S/c1-21-17-28-34(31(22-5-8-25(38)9-6-22)30(21)33(36(44)45)47-37(2,3)4)48-35(39-28)24-7-10-29-27(18-24)32(40-42(29)15-16-43)23-11-13-41(14-12-23)26-19-46-20-26/h5-10,17-18,23,26,33,43H,11-16,19-20H2,1-4H3,(H,44,45)/t33-/m0/s1. The first kappa shape index (κ1) is 33.1. The fourth-order valence-electron chi connectivity index (χ4n) is 7.04. The van der Waals surface area contributed by atoms with Gasteiger partial charge in [-0.05, 0) is 101 Å². The Bertz CT molecular complexity index is 1970. The van der Waals surface area contributed by atoms with E-state index in [1.165, 1.54) is 0 Å². The number of likely N-dealkylation sites (tertiary alicyclic amines) is 1. The number of hydrogen-bond donors (Lipinski definition) is 2. The second kappa shape index (κ2) is 13.2. The number of aliphatic carboxylic acids is 1. The SMILES string of the molecule is Cc1cc2nc(-c3ccc4c(c3)c(C3CCN(C5COC5)CC3)nn4CCO)sc2c(-c2ccc(Cl)cc2)c1[C@H](OC(C)(C)C)C(=O)O. The van der Waals surface area contributed by atoms with E-state index in [0.717, 1.165) is 93.2 Å². The van der Waals surface area contributed by atoms with Crippen molar-refractivity contribution in [3.8, 4) is 21.7 Å². The molecule has 3 aromatic carbocycles. The number of ether oxygens (including phenoxy) is 2. The van der Waals surface area contributed by atoms with Crippen LogP contribution in [0.3, 0.4) is 0 Å². The van der Waals surface area contributed by atoms with E-state index in [9.17, 15) is 15.0 Å². The minimum absolute atomic E-state index is 0.0153. The molecule has 0 unspecified atom stereocenters. The quantitative estimate of drug-likeness (QED) is 0.164. The Morgan fingerprint density at radius 3 is 2.44 bits per heavy atom. The number of carboxylic acid groups (broad SMARTS) is 1. The molecule has 11 heteroatoms. The Labute approximate surface area is 289 Å². The molecule has 0 radical (unpaired) electrons. The Balaban J connectivity index is 1.34. The Kier molecular flexibility index (Phi) is 9.08. The Hall–Kier alpha value is -3.38. The number of carboxylic acids is 1. The van der Waals surface area contributed by atoms with E-state index < -0.39 is 17.7 Å². The molecular formula is C37H41ClN4O5S. The zero-order chi connectivity index (χ0) is 33.7. The molecule has 0 saturated carbocycles. The predicted molar refractivity (Wildman–Crippen MR) is 190 cm³/mol. The molecule has 4 heterocycles. The van der Waals surface area contributed by atoms with Crippen LogP contribution in [-0.2, 0) is 20.8 Å². The van der Waals surface area contributed by atoms with Gasteiger partial charge in [-0.1, -0.05) is 23.7 Å². The van der Waals surface area contributed by atoms with E-state index in [1.807, 2.05) is 62.7 Å². The maximum absolute atomic E-state index is 12.7. The number of hydrogen-bond acceptors (Lipinski definition) is 8. The van der Waals surface area contributed by atoms with Crippen LogP contribution in [0.4, 0.5) is 0 Å². The van der Waals surface area contributed by atoms with Crippen LogP contribution in [-0.4, -0.2) is 80.4 Å². The van der Waals surface area contributed by atoms with Gasteiger partial charge in [0, 0.05) is 33.0 Å². The van der Waals surface area contributed by atoms with Gasteiger partial charge in [-0.3, -0.25) is 9.58 Å². The zero-order valence-corrected chi connectivity index (χ0v) is 29.3. The number of aryl methyl sites for hydroxylation is 1. The molecule has 2 aliphatic heterocycles. The topological polar surface area (TPSA) is 110 Å². The van der Waals surface area contributed by atoms with Crippen molar-refractivity contribution in [2.45, 2.75) is 70.7 Å². The number of aromatic nitrogens is 3. The van der Waals surface area contributed by atoms with Crippen molar-refractivity contribution < 1.29 is 24.5 Å². The predicted octanol–water partition coefficient (Wildman–Crippen LogP) is 7.45. The third-order valence-electron chi connectivity index (χ3n) is 9.41. The largest absolute Gasteiger partial charge is 0.479 e. The smallest absolute Gasteiger partial charge is 0.337 e. The number of thiazole rings is 1. The highest BCUT2D eigenvalue weighted by Gasteiger charge is 2.34. The summed E-state index contributed by atoms with van der Waals surface area (Å²) in [5, 5.41) is 27.8. The van der Waals surface area contributed by atoms with Gasteiger partial charge in [0.15, 0.2) is 6.10 Å². The summed E-state index contributed by atoms with van der Waals surface area (Å²) >= 11 is 7.83. The molecule has 1 atom stereocenters. The maximum atomic E-state index is 12.7. The highest BCUT2D eigenvalue weighted by atomic mass is 35.5. The molecule has 7 rings (SSSR count). The Morgan fingerprint density at radius 1 is 1.10 bits per heavy atom. The van der Waals surface area contributed by atoms with Gasteiger partial charge in [-0.2, -0.15) is 5.10 Å². The van der Waals surface area contributed by atoms with Gasteiger partial charge >= 0.3 is 5.97 Å². The second-order valence-corrected chi connectivity index (χ2v) is 15.3. The van der Waals surface area contributed by atoms with Crippen LogP contribution >= 0.6 is 22.9 Å². The fourth-order valence-corrected chi connectivity index (χ4v) is 8.29. The first-order valence-corrected chi connectivity index (χ1v) is 17.7. The minimum Gasteiger partial charge on any atom is -0.479 e. The molecule has 0 spiro atoms. The number of fused-ring (bicyclic) bond motifs is 2. The summed E-state index contributed by atoms with van der Waals surface area (Å²) in [6.07, 6.45) is 0.882. The van der Waals surface area contributed by atoms with Crippen LogP contribution in [0, 0.1) is 6.92 Å². The maximum Gasteiger partial charge on any atom is 0.337 e. The number of rotatable bonds is 9. The minimum atomic E-state index is -1.18. The summed E-state index contributed by atoms with van der Waals surface area (Å²) in [6, 6.07) is 16.3. The number of nitrogens with zero attached hydrogens (tertiary/aromatic N) is 4. The lowest BCUT2D eigenvalue weighted by Crippen LogP contribution is -2.51. The van der Waals surface area contributed by atoms with Crippen LogP contribution in [0.1, 0.15) is 62.5 Å². The molecule has 2 saturated heterocycles. The van der Waals surface area contributed by atoms with Crippen molar-refractivity contribution in [2.24, 2.45) is 0 Å². The van der Waals surface area contributed by atoms with Crippen molar-refractivity contribution in [2.75, 3.05) is 32.9 Å². The van der Waals surface area contributed by atoms with Gasteiger partial charge in [0.25, 0.3) is 0 Å². The summed E-state index contributed by atoms with van der Waals surface area (Å²) in [7, 11) is 0. The molecule has 2 aliphatic rings. The molecule has 2 aromatic heterocycles. The average Bonchev–Trinajstić information content (AvgIpc) is 3.60. The lowest BCUT2D eigenvalue weighted by atomic mass is 9.90. The van der Waals surface area contributed by atoms with Gasteiger partial charge in [0.1, 0.15) is 5.01 Å². The first-order valence-electron chi connectivity index (χ1n) is 16.5. The number of carbonyl (C=O) groups is 1. The van der Waals surface area contributed by atoms with E-state index in [1.54, 1.807) is 11.3 Å². The van der Waals surface area contributed by atoms with Crippen LogP contribution in [0.25, 0.3) is 42.8 Å². The molecule has 0 bridgehead atoms. The van der Waals surface area contributed by atoms with Gasteiger partial charge in [-0.15, -0.1) is 11.3 Å². The van der Waals surface area contributed by atoms with E-state index in [-0.39, 0.29) is 6.61 Å². The van der Waals surface area contributed by atoms with Crippen molar-refractivity contribution >= 4 is 50.0 Å². The molecule has 2 N–H and O–H groups in total. The van der Waals surface area contributed by atoms with E-state index >= 15 is 0 Å². The average molecular weight is 689 g/mol. The molecule has 48 heavy (non-hydrogen) atoms. The number of piperidine rings is 1. The zero-order valence-electron chi connectivity index (χ0n) is 27.7. The molecule has 252 valence electrons. The fraction of sp³-hybridized carbons (Fsp3) is 0.432. The third kappa shape index (κ3) is 6.37. The lowest BCUT2D eigenvalue weighted by Gasteiger charge is -2.41. The second-order valence-electron chi connectivity index (χ2n) is 13.9. The summed E-state index contributed by atoms with van der Waals surface area (Å²) < 4.78 is 14.4. The summed E-state index contributed by atoms with van der Waals surface area (Å²) in [4.78, 5) is 20.4. The highest BCUT2D eigenvalue weighted by molar-refractivity contribution is 7.22. The highest BCUT2D eigenvalue weighted by Crippen LogP contribution is 2.45. The molecule has 0 amide bonds. The van der Waals surface area contributed by atoms with Crippen molar-refractivity contribution in [3.63, 3.8) is 0 Å². The monoisotopic (exact) mass is 688 g/mol. The first-order chi connectivity index (χ1) is 23.0. The number of aliphatic hydroxyl groups is 1. The van der Waals surface area contributed by atoms with Gasteiger partial charge in [-0.25, -0.2) is 9.78 Å². The number of aliphatic hydroxyl groups excluding tert-OH is 1. The van der Waals surface area contributed by atoms with Gasteiger partial charge in [0.2, 0.25) is 0 Å². The van der Waals surface area contributed by atoms with Crippen molar-refractivity contribution in [1.82, 2.24) is 19.7 Å². The van der Waals surface area contributed by atoms with Gasteiger partial charge < -0.3 is 19.7 Å². The molecule has 2 fully saturated rings. The van der Waals surface area contributed by atoms with Crippen LogP contribution in [0.15, 0.2) is 48.5 Å².